The Hall–Kier alpha value is -1.16. The van der Waals surface area contributed by atoms with Gasteiger partial charge in [0.25, 0.3) is 0 Å². The van der Waals surface area contributed by atoms with Crippen molar-refractivity contribution in [2.75, 3.05) is 19.5 Å². The first-order valence-corrected chi connectivity index (χ1v) is 6.13. The molecule has 0 aliphatic heterocycles. The van der Waals surface area contributed by atoms with Crippen LogP contribution in [0.25, 0.3) is 0 Å². The van der Waals surface area contributed by atoms with Crippen LogP contribution in [-0.2, 0) is 11.2 Å². The van der Waals surface area contributed by atoms with Gasteiger partial charge < -0.3 is 10.1 Å². The maximum absolute atomic E-state index is 5.47. The van der Waals surface area contributed by atoms with Crippen LogP contribution >= 0.6 is 0 Å². The van der Waals surface area contributed by atoms with Crippen LogP contribution < -0.4 is 5.32 Å². The standard InChI is InChI=1S/C13H23N3O/c1-7-10-9(4)15-13(16-12(10)14-5)11(17-6)8(2)3/h8,11H,7H2,1-6H3,(H,14,15,16). The Morgan fingerprint density at radius 1 is 1.29 bits per heavy atom. The van der Waals surface area contributed by atoms with Crippen LogP contribution in [0.2, 0.25) is 0 Å². The van der Waals surface area contributed by atoms with E-state index in [9.17, 15) is 0 Å². The van der Waals surface area contributed by atoms with Crippen molar-refractivity contribution in [3.8, 4) is 0 Å². The van der Waals surface area contributed by atoms with E-state index >= 15 is 0 Å². The minimum absolute atomic E-state index is 0.0493. The minimum atomic E-state index is -0.0493. The summed E-state index contributed by atoms with van der Waals surface area (Å²) in [5.41, 5.74) is 2.21. The minimum Gasteiger partial charge on any atom is -0.373 e. The van der Waals surface area contributed by atoms with E-state index in [0.29, 0.717) is 5.92 Å². The number of hydrogen-bond donors (Lipinski definition) is 1. The molecule has 96 valence electrons. The van der Waals surface area contributed by atoms with Gasteiger partial charge in [0.15, 0.2) is 5.82 Å². The third-order valence-electron chi connectivity index (χ3n) is 2.94. The zero-order valence-electron chi connectivity index (χ0n) is 11.7. The second-order valence-electron chi connectivity index (χ2n) is 4.50. The lowest BCUT2D eigenvalue weighted by Crippen LogP contribution is -2.16. The summed E-state index contributed by atoms with van der Waals surface area (Å²) in [5, 5.41) is 3.14. The molecule has 1 atom stereocenters. The van der Waals surface area contributed by atoms with Crippen LogP contribution in [0.4, 0.5) is 5.82 Å². The lowest BCUT2D eigenvalue weighted by Gasteiger charge is -2.20. The van der Waals surface area contributed by atoms with E-state index in [2.05, 4.69) is 36.1 Å². The number of nitrogens with zero attached hydrogens (tertiary/aromatic N) is 2. The number of rotatable bonds is 5. The molecular formula is C13H23N3O. The first-order chi connectivity index (χ1) is 8.04. The topological polar surface area (TPSA) is 47.0 Å². The lowest BCUT2D eigenvalue weighted by molar-refractivity contribution is 0.0574. The van der Waals surface area contributed by atoms with E-state index < -0.39 is 0 Å². The van der Waals surface area contributed by atoms with Crippen molar-refractivity contribution in [2.24, 2.45) is 5.92 Å². The molecule has 1 unspecified atom stereocenters. The Bertz CT molecular complexity index is 377. The summed E-state index contributed by atoms with van der Waals surface area (Å²) in [4.78, 5) is 9.14. The van der Waals surface area contributed by atoms with E-state index in [-0.39, 0.29) is 6.10 Å². The average Bonchev–Trinajstić information content (AvgIpc) is 2.28. The Morgan fingerprint density at radius 3 is 2.35 bits per heavy atom. The van der Waals surface area contributed by atoms with Crippen molar-refractivity contribution >= 4 is 5.82 Å². The van der Waals surface area contributed by atoms with Crippen molar-refractivity contribution in [1.29, 1.82) is 0 Å². The Morgan fingerprint density at radius 2 is 1.94 bits per heavy atom. The average molecular weight is 237 g/mol. The quantitative estimate of drug-likeness (QED) is 0.855. The van der Waals surface area contributed by atoms with E-state index in [1.807, 2.05) is 14.0 Å². The summed E-state index contributed by atoms with van der Waals surface area (Å²) in [6, 6.07) is 0. The number of nitrogens with one attached hydrogen (secondary N) is 1. The number of ether oxygens (including phenoxy) is 1. The molecule has 4 nitrogen and oxygen atoms in total. The van der Waals surface area contributed by atoms with Crippen LogP contribution in [0.15, 0.2) is 0 Å². The zero-order chi connectivity index (χ0) is 13.0. The lowest BCUT2D eigenvalue weighted by atomic mass is 10.1. The molecule has 0 saturated carbocycles. The van der Waals surface area contributed by atoms with E-state index in [4.69, 9.17) is 4.74 Å². The first-order valence-electron chi connectivity index (χ1n) is 6.13. The molecule has 0 amide bonds. The van der Waals surface area contributed by atoms with Crippen molar-refractivity contribution < 1.29 is 4.74 Å². The van der Waals surface area contributed by atoms with Crippen LogP contribution in [0.1, 0.15) is 44.0 Å². The highest BCUT2D eigenvalue weighted by atomic mass is 16.5. The van der Waals surface area contributed by atoms with Gasteiger partial charge in [0, 0.05) is 25.4 Å². The highest BCUT2D eigenvalue weighted by Crippen LogP contribution is 2.25. The number of aromatic nitrogens is 2. The van der Waals surface area contributed by atoms with Crippen molar-refractivity contribution in [3.63, 3.8) is 0 Å². The maximum Gasteiger partial charge on any atom is 0.159 e. The van der Waals surface area contributed by atoms with Crippen molar-refractivity contribution in [3.05, 3.63) is 17.1 Å². The third kappa shape index (κ3) is 2.94. The molecule has 1 heterocycles. The van der Waals surface area contributed by atoms with Gasteiger partial charge in [-0.05, 0) is 19.3 Å². The molecule has 0 saturated heterocycles. The highest BCUT2D eigenvalue weighted by Gasteiger charge is 2.20. The molecule has 4 heteroatoms. The maximum atomic E-state index is 5.47. The molecule has 0 aromatic carbocycles. The predicted octanol–water partition coefficient (Wildman–Crippen LogP) is 2.73. The van der Waals surface area contributed by atoms with Gasteiger partial charge in [-0.2, -0.15) is 0 Å². The highest BCUT2D eigenvalue weighted by molar-refractivity contribution is 5.46. The number of anilines is 1. The summed E-state index contributed by atoms with van der Waals surface area (Å²) in [7, 11) is 3.60. The molecule has 17 heavy (non-hydrogen) atoms. The van der Waals surface area contributed by atoms with E-state index in [0.717, 1.165) is 23.8 Å². The number of hydrogen-bond acceptors (Lipinski definition) is 4. The molecule has 0 fully saturated rings. The molecule has 0 aliphatic rings. The fourth-order valence-corrected chi connectivity index (χ4v) is 2.05. The normalized spacial score (nSPS) is 12.9. The summed E-state index contributed by atoms with van der Waals surface area (Å²) in [6.07, 6.45) is 0.883. The second kappa shape index (κ2) is 5.96. The summed E-state index contributed by atoms with van der Waals surface area (Å²) < 4.78 is 5.47. The molecule has 0 radical (unpaired) electrons. The Kier molecular flexibility index (Phi) is 4.87. The van der Waals surface area contributed by atoms with E-state index in [1.165, 1.54) is 5.56 Å². The van der Waals surface area contributed by atoms with Gasteiger partial charge in [-0.25, -0.2) is 9.97 Å². The first kappa shape index (κ1) is 13.9. The number of aryl methyl sites for hydroxylation is 1. The van der Waals surface area contributed by atoms with Crippen molar-refractivity contribution in [2.45, 2.75) is 40.2 Å². The SMILES string of the molecule is CCc1c(C)nc(C(OC)C(C)C)nc1NC. The Labute approximate surface area is 104 Å². The molecular weight excluding hydrogens is 214 g/mol. The van der Waals surface area contributed by atoms with Crippen LogP contribution in [0.5, 0.6) is 0 Å². The summed E-state index contributed by atoms with van der Waals surface area (Å²) in [5.74, 6) is 2.04. The largest absolute Gasteiger partial charge is 0.373 e. The van der Waals surface area contributed by atoms with Crippen LogP contribution in [0.3, 0.4) is 0 Å². The molecule has 0 spiro atoms. The summed E-state index contributed by atoms with van der Waals surface area (Å²) >= 11 is 0. The predicted molar refractivity (Wildman–Crippen MR) is 70.3 cm³/mol. The fraction of sp³-hybridized carbons (Fsp3) is 0.692. The van der Waals surface area contributed by atoms with Gasteiger partial charge in [-0.3, -0.25) is 0 Å². The number of methoxy groups -OCH3 is 1. The third-order valence-corrected chi connectivity index (χ3v) is 2.94. The molecule has 1 N–H and O–H groups in total. The van der Waals surface area contributed by atoms with Gasteiger partial charge in [-0.15, -0.1) is 0 Å². The second-order valence-corrected chi connectivity index (χ2v) is 4.50. The van der Waals surface area contributed by atoms with Crippen LogP contribution in [0, 0.1) is 12.8 Å². The van der Waals surface area contributed by atoms with Gasteiger partial charge >= 0.3 is 0 Å². The smallest absolute Gasteiger partial charge is 0.159 e. The monoisotopic (exact) mass is 237 g/mol. The fourth-order valence-electron chi connectivity index (χ4n) is 2.05. The molecule has 1 aromatic rings. The molecule has 0 bridgehead atoms. The van der Waals surface area contributed by atoms with Crippen LogP contribution in [-0.4, -0.2) is 24.1 Å². The van der Waals surface area contributed by atoms with Gasteiger partial charge in [0.1, 0.15) is 11.9 Å². The van der Waals surface area contributed by atoms with E-state index in [1.54, 1.807) is 7.11 Å². The molecule has 1 aromatic heterocycles. The van der Waals surface area contributed by atoms with Crippen molar-refractivity contribution in [1.82, 2.24) is 9.97 Å². The Balaban J connectivity index is 3.23. The van der Waals surface area contributed by atoms with Gasteiger partial charge in [-0.1, -0.05) is 20.8 Å². The molecule has 1 rings (SSSR count). The van der Waals surface area contributed by atoms with Gasteiger partial charge in [0.2, 0.25) is 0 Å². The molecule has 0 aliphatic carbocycles. The van der Waals surface area contributed by atoms with Gasteiger partial charge in [0.05, 0.1) is 0 Å². The zero-order valence-corrected chi connectivity index (χ0v) is 11.7. The summed E-state index contributed by atoms with van der Waals surface area (Å²) in [6.45, 7) is 8.36.